The van der Waals surface area contributed by atoms with Gasteiger partial charge in [-0.05, 0) is 85.6 Å². The second kappa shape index (κ2) is 9.31. The minimum atomic E-state index is -3.58. The Balaban J connectivity index is 1.73. The SMILES string of the molecule is CCCN(CCC)C1Cc2ccc(NS(=O)(=O)c3ccc(C(C)C)cc3)cc2C1. The van der Waals surface area contributed by atoms with Crippen molar-refractivity contribution >= 4 is 15.7 Å². The van der Waals surface area contributed by atoms with E-state index in [0.717, 1.165) is 44.3 Å². The Labute approximate surface area is 176 Å². The van der Waals surface area contributed by atoms with Gasteiger partial charge in [0.15, 0.2) is 0 Å². The standard InChI is InChI=1S/C24H34N2O2S/c1-5-13-26(14-6-2)23-16-20-7-10-22(15-21(20)17-23)25-29(27,28)24-11-8-19(9-12-24)18(3)4/h7-12,15,18,23,25H,5-6,13-14,16-17H2,1-4H3. The molecule has 2 aromatic carbocycles. The summed E-state index contributed by atoms with van der Waals surface area (Å²) in [5.74, 6) is 0.379. The van der Waals surface area contributed by atoms with E-state index >= 15 is 0 Å². The molecule has 5 heteroatoms. The summed E-state index contributed by atoms with van der Waals surface area (Å²) in [6, 6.07) is 13.7. The lowest BCUT2D eigenvalue weighted by atomic mass is 10.0. The van der Waals surface area contributed by atoms with E-state index in [-0.39, 0.29) is 0 Å². The van der Waals surface area contributed by atoms with E-state index in [1.165, 1.54) is 11.1 Å². The van der Waals surface area contributed by atoms with Crippen LogP contribution in [0.2, 0.25) is 0 Å². The molecule has 0 heterocycles. The van der Waals surface area contributed by atoms with Crippen LogP contribution in [0.4, 0.5) is 5.69 Å². The number of nitrogens with zero attached hydrogens (tertiary/aromatic N) is 1. The van der Waals surface area contributed by atoms with E-state index in [4.69, 9.17) is 0 Å². The first-order valence-corrected chi connectivity index (χ1v) is 12.3. The summed E-state index contributed by atoms with van der Waals surface area (Å²) in [5.41, 5.74) is 4.39. The van der Waals surface area contributed by atoms with Gasteiger partial charge in [-0.2, -0.15) is 0 Å². The molecule has 0 saturated carbocycles. The van der Waals surface area contributed by atoms with Crippen molar-refractivity contribution < 1.29 is 8.42 Å². The minimum Gasteiger partial charge on any atom is -0.300 e. The Hall–Kier alpha value is -1.85. The molecule has 0 spiro atoms. The summed E-state index contributed by atoms with van der Waals surface area (Å²) >= 11 is 0. The molecule has 2 aromatic rings. The predicted octanol–water partition coefficient (Wildman–Crippen LogP) is 5.20. The Morgan fingerprint density at radius 2 is 1.59 bits per heavy atom. The molecule has 0 aliphatic heterocycles. The highest BCUT2D eigenvalue weighted by Crippen LogP contribution is 2.29. The number of fused-ring (bicyclic) bond motifs is 1. The van der Waals surface area contributed by atoms with Crippen LogP contribution < -0.4 is 4.72 Å². The van der Waals surface area contributed by atoms with Crippen molar-refractivity contribution in [1.29, 1.82) is 0 Å². The number of anilines is 1. The van der Waals surface area contributed by atoms with Crippen LogP contribution in [-0.2, 0) is 22.9 Å². The fraction of sp³-hybridized carbons (Fsp3) is 0.500. The van der Waals surface area contributed by atoms with Gasteiger partial charge in [0.2, 0.25) is 0 Å². The summed E-state index contributed by atoms with van der Waals surface area (Å²) < 4.78 is 28.4. The zero-order chi connectivity index (χ0) is 21.0. The van der Waals surface area contributed by atoms with Crippen LogP contribution in [0.3, 0.4) is 0 Å². The summed E-state index contributed by atoms with van der Waals surface area (Å²) in [7, 11) is -3.58. The molecule has 1 atom stereocenters. The van der Waals surface area contributed by atoms with Gasteiger partial charge in [0.25, 0.3) is 10.0 Å². The van der Waals surface area contributed by atoms with Gasteiger partial charge < -0.3 is 0 Å². The van der Waals surface area contributed by atoms with Crippen LogP contribution in [0.1, 0.15) is 63.1 Å². The van der Waals surface area contributed by atoms with Crippen molar-refractivity contribution in [2.45, 2.75) is 70.2 Å². The molecule has 0 fully saturated rings. The van der Waals surface area contributed by atoms with Crippen molar-refractivity contribution in [3.8, 4) is 0 Å². The zero-order valence-corrected chi connectivity index (χ0v) is 18.9. The first kappa shape index (κ1) is 21.8. The number of sulfonamides is 1. The quantitative estimate of drug-likeness (QED) is 0.613. The lowest BCUT2D eigenvalue weighted by Crippen LogP contribution is -2.37. The van der Waals surface area contributed by atoms with E-state index in [1.54, 1.807) is 12.1 Å². The largest absolute Gasteiger partial charge is 0.300 e. The van der Waals surface area contributed by atoms with Crippen molar-refractivity contribution in [2.24, 2.45) is 0 Å². The number of benzene rings is 2. The molecule has 1 aliphatic carbocycles. The molecular weight excluding hydrogens is 380 g/mol. The summed E-state index contributed by atoms with van der Waals surface area (Å²) in [5, 5.41) is 0. The van der Waals surface area contributed by atoms with Crippen LogP contribution in [0.5, 0.6) is 0 Å². The number of rotatable bonds is 9. The van der Waals surface area contributed by atoms with Crippen molar-refractivity contribution in [2.75, 3.05) is 17.8 Å². The Kier molecular flexibility index (Phi) is 7.01. The van der Waals surface area contributed by atoms with Crippen molar-refractivity contribution in [3.05, 3.63) is 59.2 Å². The number of hydrogen-bond acceptors (Lipinski definition) is 3. The molecule has 0 saturated heterocycles. The third kappa shape index (κ3) is 5.20. The third-order valence-electron chi connectivity index (χ3n) is 5.76. The molecule has 1 unspecified atom stereocenters. The smallest absolute Gasteiger partial charge is 0.261 e. The van der Waals surface area contributed by atoms with Gasteiger partial charge in [-0.3, -0.25) is 9.62 Å². The molecule has 1 N–H and O–H groups in total. The van der Waals surface area contributed by atoms with Gasteiger partial charge in [0, 0.05) is 11.7 Å². The fourth-order valence-electron chi connectivity index (χ4n) is 4.21. The maximum Gasteiger partial charge on any atom is 0.261 e. The van der Waals surface area contributed by atoms with E-state index in [0.29, 0.717) is 22.5 Å². The Morgan fingerprint density at radius 3 is 2.17 bits per heavy atom. The van der Waals surface area contributed by atoms with Crippen LogP contribution in [0.25, 0.3) is 0 Å². The maximum absolute atomic E-state index is 12.8. The normalized spacial score (nSPS) is 16.4. The van der Waals surface area contributed by atoms with E-state index in [2.05, 4.69) is 43.4 Å². The average Bonchev–Trinajstić information content (AvgIpc) is 3.11. The van der Waals surface area contributed by atoms with Gasteiger partial charge in [0.05, 0.1) is 4.90 Å². The van der Waals surface area contributed by atoms with Crippen LogP contribution in [0.15, 0.2) is 47.4 Å². The second-order valence-electron chi connectivity index (χ2n) is 8.41. The first-order valence-electron chi connectivity index (χ1n) is 10.8. The highest BCUT2D eigenvalue weighted by molar-refractivity contribution is 7.92. The second-order valence-corrected chi connectivity index (χ2v) is 10.1. The highest BCUT2D eigenvalue weighted by atomic mass is 32.2. The molecule has 29 heavy (non-hydrogen) atoms. The van der Waals surface area contributed by atoms with Gasteiger partial charge in [0.1, 0.15) is 0 Å². The van der Waals surface area contributed by atoms with Gasteiger partial charge >= 0.3 is 0 Å². The van der Waals surface area contributed by atoms with Gasteiger partial charge in [-0.1, -0.05) is 45.9 Å². The lowest BCUT2D eigenvalue weighted by molar-refractivity contribution is 0.202. The molecule has 0 aromatic heterocycles. The summed E-state index contributed by atoms with van der Waals surface area (Å²) in [6.07, 6.45) is 4.37. The first-order chi connectivity index (χ1) is 13.8. The van der Waals surface area contributed by atoms with Gasteiger partial charge in [-0.25, -0.2) is 8.42 Å². The molecule has 0 radical (unpaired) electrons. The molecule has 4 nitrogen and oxygen atoms in total. The molecule has 158 valence electrons. The monoisotopic (exact) mass is 414 g/mol. The summed E-state index contributed by atoms with van der Waals surface area (Å²) in [6.45, 7) is 10.9. The van der Waals surface area contributed by atoms with Crippen LogP contribution in [0, 0.1) is 0 Å². The highest BCUT2D eigenvalue weighted by Gasteiger charge is 2.26. The van der Waals surface area contributed by atoms with E-state index in [1.807, 2.05) is 24.3 Å². The van der Waals surface area contributed by atoms with Crippen molar-refractivity contribution in [1.82, 2.24) is 4.90 Å². The third-order valence-corrected chi connectivity index (χ3v) is 7.16. The topological polar surface area (TPSA) is 49.4 Å². The molecule has 0 amide bonds. The maximum atomic E-state index is 12.8. The average molecular weight is 415 g/mol. The molecule has 0 bridgehead atoms. The zero-order valence-electron chi connectivity index (χ0n) is 18.1. The fourth-order valence-corrected chi connectivity index (χ4v) is 5.26. The van der Waals surface area contributed by atoms with E-state index in [9.17, 15) is 8.42 Å². The molecule has 1 aliphatic rings. The Bertz CT molecular complexity index is 914. The van der Waals surface area contributed by atoms with Crippen molar-refractivity contribution in [3.63, 3.8) is 0 Å². The number of nitrogens with one attached hydrogen (secondary N) is 1. The molecular formula is C24H34N2O2S. The van der Waals surface area contributed by atoms with Crippen LogP contribution >= 0.6 is 0 Å². The van der Waals surface area contributed by atoms with Gasteiger partial charge in [-0.15, -0.1) is 0 Å². The number of hydrogen-bond donors (Lipinski definition) is 1. The molecule has 3 rings (SSSR count). The van der Waals surface area contributed by atoms with Crippen LogP contribution in [-0.4, -0.2) is 32.4 Å². The minimum absolute atomic E-state index is 0.303. The Morgan fingerprint density at radius 1 is 0.966 bits per heavy atom. The lowest BCUT2D eigenvalue weighted by Gasteiger charge is -2.27. The predicted molar refractivity (Wildman–Crippen MR) is 121 cm³/mol. The summed E-state index contributed by atoms with van der Waals surface area (Å²) in [4.78, 5) is 2.89. The van der Waals surface area contributed by atoms with E-state index < -0.39 is 10.0 Å².